The molecular formula is C16H28N2O. The van der Waals surface area contributed by atoms with E-state index in [1.807, 2.05) is 0 Å². The van der Waals surface area contributed by atoms with Crippen LogP contribution in [0.4, 0.5) is 0 Å². The average Bonchev–Trinajstić information content (AvgIpc) is 2.90. The van der Waals surface area contributed by atoms with Crippen molar-refractivity contribution < 1.29 is 4.79 Å². The second-order valence-corrected chi connectivity index (χ2v) is 6.70. The van der Waals surface area contributed by atoms with Gasteiger partial charge < -0.3 is 10.2 Å². The number of amides is 1. The van der Waals surface area contributed by atoms with Gasteiger partial charge >= 0.3 is 0 Å². The van der Waals surface area contributed by atoms with Gasteiger partial charge in [0.15, 0.2) is 0 Å². The fourth-order valence-electron chi connectivity index (χ4n) is 4.43. The highest BCUT2D eigenvalue weighted by molar-refractivity contribution is 5.82. The van der Waals surface area contributed by atoms with Gasteiger partial charge in [-0.15, -0.1) is 0 Å². The first-order valence-electron chi connectivity index (χ1n) is 8.36. The molecule has 108 valence electrons. The highest BCUT2D eigenvalue weighted by Gasteiger charge is 2.40. The molecule has 3 nitrogen and oxygen atoms in total. The largest absolute Gasteiger partial charge is 0.338 e. The van der Waals surface area contributed by atoms with Gasteiger partial charge in [-0.05, 0) is 50.9 Å². The Balaban J connectivity index is 1.63. The van der Waals surface area contributed by atoms with E-state index in [1.54, 1.807) is 0 Å². The molecule has 0 spiro atoms. The zero-order chi connectivity index (χ0) is 13.2. The van der Waals surface area contributed by atoms with Gasteiger partial charge in [-0.1, -0.05) is 19.8 Å². The van der Waals surface area contributed by atoms with Crippen molar-refractivity contribution in [1.82, 2.24) is 10.2 Å². The SMILES string of the molecule is CCC1CCCCN1C(=O)C1CC2CCCCC2N1. The topological polar surface area (TPSA) is 32.3 Å². The Bertz CT molecular complexity index is 317. The van der Waals surface area contributed by atoms with Crippen LogP contribution >= 0.6 is 0 Å². The number of fused-ring (bicyclic) bond motifs is 1. The third-order valence-corrected chi connectivity index (χ3v) is 5.54. The van der Waals surface area contributed by atoms with Crippen molar-refractivity contribution >= 4 is 5.91 Å². The highest BCUT2D eigenvalue weighted by atomic mass is 16.2. The number of nitrogens with one attached hydrogen (secondary N) is 1. The van der Waals surface area contributed by atoms with Crippen molar-refractivity contribution in [3.05, 3.63) is 0 Å². The Morgan fingerprint density at radius 1 is 1.16 bits per heavy atom. The maximum Gasteiger partial charge on any atom is 0.239 e. The van der Waals surface area contributed by atoms with Crippen molar-refractivity contribution in [2.45, 2.75) is 82.8 Å². The molecule has 0 bridgehead atoms. The second kappa shape index (κ2) is 5.82. The molecule has 0 aromatic heterocycles. The predicted octanol–water partition coefficient (Wildman–Crippen LogP) is 2.70. The van der Waals surface area contributed by atoms with E-state index in [0.29, 0.717) is 18.0 Å². The fourth-order valence-corrected chi connectivity index (χ4v) is 4.43. The predicted molar refractivity (Wildman–Crippen MR) is 76.9 cm³/mol. The fraction of sp³-hybridized carbons (Fsp3) is 0.938. The lowest BCUT2D eigenvalue weighted by atomic mass is 9.85. The van der Waals surface area contributed by atoms with Gasteiger partial charge in [-0.25, -0.2) is 0 Å². The summed E-state index contributed by atoms with van der Waals surface area (Å²) in [4.78, 5) is 15.0. The third-order valence-electron chi connectivity index (χ3n) is 5.54. The third kappa shape index (κ3) is 2.67. The Kier molecular flexibility index (Phi) is 4.11. The molecule has 0 aromatic carbocycles. The Hall–Kier alpha value is -0.570. The Labute approximate surface area is 117 Å². The molecule has 2 heterocycles. The molecule has 0 aromatic rings. The maximum atomic E-state index is 12.8. The van der Waals surface area contributed by atoms with E-state index in [1.165, 1.54) is 44.9 Å². The van der Waals surface area contributed by atoms with Crippen LogP contribution in [0.3, 0.4) is 0 Å². The van der Waals surface area contributed by atoms with Gasteiger partial charge in [0.1, 0.15) is 0 Å². The van der Waals surface area contributed by atoms with Crippen LogP contribution in [0.25, 0.3) is 0 Å². The molecule has 4 atom stereocenters. The molecule has 1 N–H and O–H groups in total. The summed E-state index contributed by atoms with van der Waals surface area (Å²) in [6, 6.07) is 1.26. The first-order chi connectivity index (χ1) is 9.29. The van der Waals surface area contributed by atoms with Crippen molar-refractivity contribution in [2.75, 3.05) is 6.54 Å². The van der Waals surface area contributed by atoms with Gasteiger partial charge in [-0.3, -0.25) is 4.79 Å². The molecule has 4 unspecified atom stereocenters. The van der Waals surface area contributed by atoms with E-state index in [9.17, 15) is 4.79 Å². The van der Waals surface area contributed by atoms with E-state index in [0.717, 1.165) is 25.3 Å². The minimum absolute atomic E-state index is 0.125. The summed E-state index contributed by atoms with van der Waals surface area (Å²) in [5, 5.41) is 3.64. The first-order valence-corrected chi connectivity index (χ1v) is 8.36. The molecule has 1 amide bonds. The molecule has 3 aliphatic rings. The number of carbonyl (C=O) groups excluding carboxylic acids is 1. The maximum absolute atomic E-state index is 12.8. The van der Waals surface area contributed by atoms with Crippen LogP contribution in [-0.4, -0.2) is 35.5 Å². The van der Waals surface area contributed by atoms with Crippen LogP contribution < -0.4 is 5.32 Å². The summed E-state index contributed by atoms with van der Waals surface area (Å²) in [6.07, 6.45) is 11.2. The molecular weight excluding hydrogens is 236 g/mol. The van der Waals surface area contributed by atoms with Crippen LogP contribution in [0.15, 0.2) is 0 Å². The van der Waals surface area contributed by atoms with Crippen LogP contribution in [0.2, 0.25) is 0 Å². The monoisotopic (exact) mass is 264 g/mol. The lowest BCUT2D eigenvalue weighted by molar-refractivity contribution is -0.137. The van der Waals surface area contributed by atoms with Gasteiger partial charge in [-0.2, -0.15) is 0 Å². The minimum Gasteiger partial charge on any atom is -0.338 e. The minimum atomic E-state index is 0.125. The van der Waals surface area contributed by atoms with Crippen molar-refractivity contribution in [3.63, 3.8) is 0 Å². The van der Waals surface area contributed by atoms with E-state index in [-0.39, 0.29) is 6.04 Å². The molecule has 3 rings (SSSR count). The molecule has 1 saturated carbocycles. The van der Waals surface area contributed by atoms with Crippen LogP contribution in [-0.2, 0) is 4.79 Å². The van der Waals surface area contributed by atoms with Crippen molar-refractivity contribution in [1.29, 1.82) is 0 Å². The lowest BCUT2D eigenvalue weighted by Crippen LogP contribution is -2.51. The molecule has 0 radical (unpaired) electrons. The zero-order valence-corrected chi connectivity index (χ0v) is 12.2. The summed E-state index contributed by atoms with van der Waals surface area (Å²) >= 11 is 0. The summed E-state index contributed by atoms with van der Waals surface area (Å²) < 4.78 is 0. The standard InChI is InChI=1S/C16H28N2O/c1-2-13-8-5-6-10-18(13)16(19)15-11-12-7-3-4-9-14(12)17-15/h12-15,17H,2-11H2,1H3. The van der Waals surface area contributed by atoms with Crippen LogP contribution in [0.1, 0.15) is 64.7 Å². The summed E-state index contributed by atoms with van der Waals surface area (Å²) in [5.41, 5.74) is 0. The number of nitrogens with zero attached hydrogens (tertiary/aromatic N) is 1. The molecule has 3 fully saturated rings. The average molecular weight is 264 g/mol. The number of hydrogen-bond acceptors (Lipinski definition) is 2. The van der Waals surface area contributed by atoms with Gasteiger partial charge in [0.25, 0.3) is 0 Å². The highest BCUT2D eigenvalue weighted by Crippen LogP contribution is 2.34. The van der Waals surface area contributed by atoms with Gasteiger partial charge in [0, 0.05) is 18.6 Å². The molecule has 3 heteroatoms. The molecule has 1 aliphatic carbocycles. The van der Waals surface area contributed by atoms with E-state index >= 15 is 0 Å². The van der Waals surface area contributed by atoms with Crippen molar-refractivity contribution in [2.24, 2.45) is 5.92 Å². The van der Waals surface area contributed by atoms with Crippen LogP contribution in [0, 0.1) is 5.92 Å². The van der Waals surface area contributed by atoms with Crippen LogP contribution in [0.5, 0.6) is 0 Å². The van der Waals surface area contributed by atoms with Crippen molar-refractivity contribution in [3.8, 4) is 0 Å². The Morgan fingerprint density at radius 2 is 1.95 bits per heavy atom. The van der Waals surface area contributed by atoms with E-state index in [2.05, 4.69) is 17.1 Å². The number of carbonyl (C=O) groups is 1. The quantitative estimate of drug-likeness (QED) is 0.831. The number of likely N-dealkylation sites (tertiary alicyclic amines) is 1. The molecule has 19 heavy (non-hydrogen) atoms. The molecule has 2 saturated heterocycles. The second-order valence-electron chi connectivity index (χ2n) is 6.70. The normalized spacial score (nSPS) is 39.1. The molecule has 2 aliphatic heterocycles. The summed E-state index contributed by atoms with van der Waals surface area (Å²) in [7, 11) is 0. The van der Waals surface area contributed by atoms with E-state index < -0.39 is 0 Å². The number of rotatable bonds is 2. The smallest absolute Gasteiger partial charge is 0.239 e. The zero-order valence-electron chi connectivity index (χ0n) is 12.2. The summed E-state index contributed by atoms with van der Waals surface area (Å²) in [5.74, 6) is 1.17. The lowest BCUT2D eigenvalue weighted by Gasteiger charge is -2.37. The Morgan fingerprint density at radius 3 is 2.74 bits per heavy atom. The first kappa shape index (κ1) is 13.4. The number of piperidine rings is 1. The summed E-state index contributed by atoms with van der Waals surface area (Å²) in [6.45, 7) is 3.21. The van der Waals surface area contributed by atoms with Gasteiger partial charge in [0.2, 0.25) is 5.91 Å². The number of hydrogen-bond donors (Lipinski definition) is 1. The van der Waals surface area contributed by atoms with Gasteiger partial charge in [0.05, 0.1) is 6.04 Å². The van der Waals surface area contributed by atoms with E-state index in [4.69, 9.17) is 0 Å².